The first kappa shape index (κ1) is 12.6. The summed E-state index contributed by atoms with van der Waals surface area (Å²) in [5.41, 5.74) is 0. The third-order valence-electron chi connectivity index (χ3n) is 3.71. The van der Waals surface area contributed by atoms with E-state index in [1.165, 1.54) is 38.3 Å². The van der Waals surface area contributed by atoms with E-state index in [9.17, 15) is 0 Å². The fourth-order valence-corrected chi connectivity index (χ4v) is 2.48. The van der Waals surface area contributed by atoms with Crippen LogP contribution in [0.2, 0.25) is 0 Å². The second-order valence-electron chi connectivity index (χ2n) is 4.98. The summed E-state index contributed by atoms with van der Waals surface area (Å²) in [5.74, 6) is 2.03. The van der Waals surface area contributed by atoms with Gasteiger partial charge in [-0.05, 0) is 38.4 Å². The molecule has 96 valence electrons. The van der Waals surface area contributed by atoms with Crippen molar-refractivity contribution >= 4 is 0 Å². The van der Waals surface area contributed by atoms with Crippen LogP contribution in [0.5, 0.6) is 0 Å². The van der Waals surface area contributed by atoms with Crippen molar-refractivity contribution < 1.29 is 0 Å². The van der Waals surface area contributed by atoms with Crippen molar-refractivity contribution in [3.8, 4) is 0 Å². The number of aryl methyl sites for hydroxylation is 1. The van der Waals surface area contributed by atoms with E-state index in [0.29, 0.717) is 0 Å². The van der Waals surface area contributed by atoms with Gasteiger partial charge < -0.3 is 9.88 Å². The topological polar surface area (TPSA) is 33.1 Å². The number of nitrogens with zero attached hydrogens (tertiary/aromatic N) is 3. The molecule has 2 heterocycles. The van der Waals surface area contributed by atoms with Crippen LogP contribution in [0.4, 0.5) is 0 Å². The van der Waals surface area contributed by atoms with Crippen LogP contribution in [0, 0.1) is 5.92 Å². The maximum Gasteiger partial charge on any atom is 0.122 e. The molecule has 0 radical (unpaired) electrons. The van der Waals surface area contributed by atoms with Crippen molar-refractivity contribution in [3.05, 3.63) is 18.2 Å². The Hall–Kier alpha value is -0.870. The zero-order valence-electron chi connectivity index (χ0n) is 11.0. The highest BCUT2D eigenvalue weighted by molar-refractivity contribution is 4.91. The van der Waals surface area contributed by atoms with Gasteiger partial charge in [0.25, 0.3) is 0 Å². The van der Waals surface area contributed by atoms with Crippen LogP contribution in [0.1, 0.15) is 25.6 Å². The fourth-order valence-electron chi connectivity index (χ4n) is 2.48. The van der Waals surface area contributed by atoms with E-state index in [1.54, 1.807) is 0 Å². The van der Waals surface area contributed by atoms with E-state index in [-0.39, 0.29) is 0 Å². The lowest BCUT2D eigenvalue weighted by atomic mass is 9.97. The predicted octanol–water partition coefficient (Wildman–Crippen LogP) is 1.24. The number of aromatic nitrogens is 2. The molecule has 0 unspecified atom stereocenters. The Balaban J connectivity index is 1.85. The maximum atomic E-state index is 4.41. The number of nitrogens with one attached hydrogen (secondary N) is 1. The van der Waals surface area contributed by atoms with Gasteiger partial charge in [0.05, 0.1) is 6.54 Å². The number of piperidine rings is 1. The Bertz CT molecular complexity index is 328. The molecule has 1 aliphatic rings. The Morgan fingerprint density at radius 1 is 1.47 bits per heavy atom. The Labute approximate surface area is 104 Å². The first-order valence-electron chi connectivity index (χ1n) is 6.69. The monoisotopic (exact) mass is 236 g/mol. The molecule has 0 atom stereocenters. The molecule has 4 heteroatoms. The summed E-state index contributed by atoms with van der Waals surface area (Å²) < 4.78 is 2.12. The molecule has 0 spiro atoms. The highest BCUT2D eigenvalue weighted by Crippen LogP contribution is 2.14. The van der Waals surface area contributed by atoms with E-state index in [2.05, 4.69) is 33.7 Å². The molecule has 1 N–H and O–H groups in total. The van der Waals surface area contributed by atoms with Gasteiger partial charge in [0.1, 0.15) is 5.82 Å². The Morgan fingerprint density at radius 2 is 2.24 bits per heavy atom. The summed E-state index contributed by atoms with van der Waals surface area (Å²) in [4.78, 5) is 6.92. The van der Waals surface area contributed by atoms with Gasteiger partial charge in [-0.2, -0.15) is 0 Å². The highest BCUT2D eigenvalue weighted by atomic mass is 15.2. The van der Waals surface area contributed by atoms with Crippen molar-refractivity contribution in [2.45, 2.75) is 26.3 Å². The molecule has 1 fully saturated rings. The SMILES string of the molecule is CCN(Cc1nccn1C)CC1CCNCC1. The summed E-state index contributed by atoms with van der Waals surface area (Å²) in [7, 11) is 2.07. The van der Waals surface area contributed by atoms with E-state index in [4.69, 9.17) is 0 Å². The van der Waals surface area contributed by atoms with Gasteiger partial charge in [-0.3, -0.25) is 4.90 Å². The number of hydrogen-bond donors (Lipinski definition) is 1. The molecular formula is C13H24N4. The van der Waals surface area contributed by atoms with Gasteiger partial charge >= 0.3 is 0 Å². The molecule has 0 bridgehead atoms. The van der Waals surface area contributed by atoms with Crippen LogP contribution in [-0.4, -0.2) is 40.6 Å². The molecule has 2 rings (SSSR count). The van der Waals surface area contributed by atoms with Crippen molar-refractivity contribution in [2.75, 3.05) is 26.2 Å². The second kappa shape index (κ2) is 6.17. The van der Waals surface area contributed by atoms with Crippen LogP contribution < -0.4 is 5.32 Å². The second-order valence-corrected chi connectivity index (χ2v) is 4.98. The van der Waals surface area contributed by atoms with Crippen molar-refractivity contribution in [3.63, 3.8) is 0 Å². The molecule has 4 nitrogen and oxygen atoms in total. The molecular weight excluding hydrogens is 212 g/mol. The molecule has 0 aromatic carbocycles. The summed E-state index contributed by atoms with van der Waals surface area (Å²) in [6.45, 7) is 7.91. The highest BCUT2D eigenvalue weighted by Gasteiger charge is 2.17. The van der Waals surface area contributed by atoms with E-state index in [0.717, 1.165) is 19.0 Å². The van der Waals surface area contributed by atoms with Gasteiger partial charge in [0, 0.05) is 26.0 Å². The van der Waals surface area contributed by atoms with Gasteiger partial charge in [0.2, 0.25) is 0 Å². The third-order valence-corrected chi connectivity index (χ3v) is 3.71. The summed E-state index contributed by atoms with van der Waals surface area (Å²) in [5, 5.41) is 3.43. The van der Waals surface area contributed by atoms with Crippen molar-refractivity contribution in [2.24, 2.45) is 13.0 Å². The molecule has 0 saturated carbocycles. The smallest absolute Gasteiger partial charge is 0.122 e. The first-order valence-corrected chi connectivity index (χ1v) is 6.69. The zero-order valence-corrected chi connectivity index (χ0v) is 11.0. The van der Waals surface area contributed by atoms with Crippen molar-refractivity contribution in [1.29, 1.82) is 0 Å². The summed E-state index contributed by atoms with van der Waals surface area (Å²) >= 11 is 0. The van der Waals surface area contributed by atoms with Crippen molar-refractivity contribution in [1.82, 2.24) is 19.8 Å². The van der Waals surface area contributed by atoms with Gasteiger partial charge in [0.15, 0.2) is 0 Å². The number of rotatable bonds is 5. The van der Waals surface area contributed by atoms with Gasteiger partial charge in [-0.15, -0.1) is 0 Å². The fraction of sp³-hybridized carbons (Fsp3) is 0.769. The van der Waals surface area contributed by atoms with Crippen LogP contribution in [0.3, 0.4) is 0 Å². The molecule has 0 aliphatic carbocycles. The Morgan fingerprint density at radius 3 is 2.82 bits per heavy atom. The van der Waals surface area contributed by atoms with Crippen LogP contribution in [0.25, 0.3) is 0 Å². The zero-order chi connectivity index (χ0) is 12.1. The molecule has 1 aromatic heterocycles. The number of hydrogen-bond acceptors (Lipinski definition) is 3. The lowest BCUT2D eigenvalue weighted by Crippen LogP contribution is -2.36. The number of imidazole rings is 1. The van der Waals surface area contributed by atoms with Crippen LogP contribution in [0.15, 0.2) is 12.4 Å². The normalized spacial score (nSPS) is 17.8. The quantitative estimate of drug-likeness (QED) is 0.835. The van der Waals surface area contributed by atoms with Gasteiger partial charge in [-0.1, -0.05) is 6.92 Å². The minimum Gasteiger partial charge on any atom is -0.337 e. The summed E-state index contributed by atoms with van der Waals surface area (Å²) in [6.07, 6.45) is 6.54. The lowest BCUT2D eigenvalue weighted by molar-refractivity contribution is 0.202. The van der Waals surface area contributed by atoms with Crippen LogP contribution in [-0.2, 0) is 13.6 Å². The van der Waals surface area contributed by atoms with E-state index >= 15 is 0 Å². The maximum absolute atomic E-state index is 4.41. The molecule has 17 heavy (non-hydrogen) atoms. The van der Waals surface area contributed by atoms with Crippen LogP contribution >= 0.6 is 0 Å². The minimum absolute atomic E-state index is 0.858. The average molecular weight is 236 g/mol. The molecule has 1 aliphatic heterocycles. The van der Waals surface area contributed by atoms with E-state index in [1.807, 2.05) is 12.4 Å². The molecule has 0 amide bonds. The Kier molecular flexibility index (Phi) is 4.57. The summed E-state index contributed by atoms with van der Waals surface area (Å²) in [6, 6.07) is 0. The molecule has 1 aromatic rings. The standard InChI is InChI=1S/C13H24N4/c1-3-17(10-12-4-6-14-7-5-12)11-13-15-8-9-16(13)2/h8-9,12,14H,3-7,10-11H2,1-2H3. The third kappa shape index (κ3) is 3.54. The predicted molar refractivity (Wildman–Crippen MR) is 69.8 cm³/mol. The minimum atomic E-state index is 0.858. The van der Waals surface area contributed by atoms with E-state index < -0.39 is 0 Å². The average Bonchev–Trinajstić information content (AvgIpc) is 2.75. The first-order chi connectivity index (χ1) is 8.29. The van der Waals surface area contributed by atoms with Gasteiger partial charge in [-0.25, -0.2) is 4.98 Å². The largest absolute Gasteiger partial charge is 0.337 e. The molecule has 1 saturated heterocycles. The lowest BCUT2D eigenvalue weighted by Gasteiger charge is -2.29.